The highest BCUT2D eigenvalue weighted by Gasteiger charge is 2.28. The van der Waals surface area contributed by atoms with Crippen molar-refractivity contribution in [3.63, 3.8) is 0 Å². The number of unbranched alkanes of at least 4 members (excludes halogenated alkanes) is 2. The average Bonchev–Trinajstić information content (AvgIpc) is 2.98. The van der Waals surface area contributed by atoms with Gasteiger partial charge in [0.2, 0.25) is 0 Å². The van der Waals surface area contributed by atoms with Gasteiger partial charge in [0.05, 0.1) is 0 Å². The summed E-state index contributed by atoms with van der Waals surface area (Å²) in [4.78, 5) is 0. The Morgan fingerprint density at radius 1 is 0.786 bits per heavy atom. The highest BCUT2D eigenvalue weighted by molar-refractivity contribution is 6.68. The lowest BCUT2D eigenvalue weighted by Gasteiger charge is -2.15. The molecule has 1 aliphatic rings. The van der Waals surface area contributed by atoms with Gasteiger partial charge in [-0.25, -0.2) is 0 Å². The van der Waals surface area contributed by atoms with Crippen molar-refractivity contribution in [2.24, 2.45) is 0 Å². The second-order valence-corrected chi connectivity index (χ2v) is 9.66. The van der Waals surface area contributed by atoms with Gasteiger partial charge in [0, 0.05) is 5.92 Å². The summed E-state index contributed by atoms with van der Waals surface area (Å²) in [6.45, 7) is 9.01. The smallest absolute Gasteiger partial charge is 0.0654 e. The SMILES string of the molecule is CCCCCC1c2ccccc2-c2ccc([Si]c3c(C)cc(C)cc3C)cc21. The van der Waals surface area contributed by atoms with Crippen molar-refractivity contribution in [3.8, 4) is 11.1 Å². The Bertz CT molecular complexity index is 976. The Balaban J connectivity index is 1.70. The predicted molar refractivity (Wildman–Crippen MR) is 124 cm³/mol. The van der Waals surface area contributed by atoms with Crippen molar-refractivity contribution >= 4 is 19.9 Å². The molecule has 0 spiro atoms. The monoisotopic (exact) mass is 382 g/mol. The van der Waals surface area contributed by atoms with Crippen molar-refractivity contribution in [3.05, 3.63) is 82.4 Å². The molecule has 3 aromatic carbocycles. The first-order valence-corrected chi connectivity index (χ1v) is 11.7. The van der Waals surface area contributed by atoms with Crippen LogP contribution in [0.5, 0.6) is 0 Å². The minimum absolute atomic E-state index is 0.572. The topological polar surface area (TPSA) is 0 Å². The van der Waals surface area contributed by atoms with Gasteiger partial charge < -0.3 is 0 Å². The van der Waals surface area contributed by atoms with E-state index in [1.807, 2.05) is 0 Å². The molecule has 1 atom stereocenters. The molecule has 0 amide bonds. The Morgan fingerprint density at radius 2 is 1.50 bits per heavy atom. The number of rotatable bonds is 6. The fourth-order valence-corrected chi connectivity index (χ4v) is 6.04. The zero-order chi connectivity index (χ0) is 19.7. The van der Waals surface area contributed by atoms with Crippen LogP contribution in [0.1, 0.15) is 66.3 Å². The van der Waals surface area contributed by atoms with Crippen LogP contribution in [0.25, 0.3) is 11.1 Å². The molecule has 3 aromatic rings. The summed E-state index contributed by atoms with van der Waals surface area (Å²) in [6, 6.07) is 21.0. The zero-order valence-corrected chi connectivity index (χ0v) is 18.6. The number of aryl methyl sites for hydroxylation is 3. The third-order valence-corrected chi connectivity index (χ3v) is 7.73. The van der Waals surface area contributed by atoms with Gasteiger partial charge in [-0.15, -0.1) is 0 Å². The zero-order valence-electron chi connectivity index (χ0n) is 17.6. The summed E-state index contributed by atoms with van der Waals surface area (Å²) >= 11 is 0. The summed E-state index contributed by atoms with van der Waals surface area (Å²) in [7, 11) is 0.733. The Labute approximate surface area is 172 Å². The van der Waals surface area contributed by atoms with E-state index in [0.717, 1.165) is 9.52 Å². The van der Waals surface area contributed by atoms with Crippen LogP contribution in [0.2, 0.25) is 0 Å². The molecule has 0 nitrogen and oxygen atoms in total. The van der Waals surface area contributed by atoms with Gasteiger partial charge in [0.25, 0.3) is 0 Å². The maximum absolute atomic E-state index is 2.52. The summed E-state index contributed by atoms with van der Waals surface area (Å²) in [5.74, 6) is 0.572. The van der Waals surface area contributed by atoms with Gasteiger partial charge in [-0.1, -0.05) is 108 Å². The lowest BCUT2D eigenvalue weighted by Crippen LogP contribution is -2.31. The number of fused-ring (bicyclic) bond motifs is 3. The van der Waals surface area contributed by atoms with Gasteiger partial charge in [0.1, 0.15) is 9.52 Å². The van der Waals surface area contributed by atoms with Gasteiger partial charge in [-0.2, -0.15) is 0 Å². The molecule has 142 valence electrons. The van der Waals surface area contributed by atoms with Crippen LogP contribution < -0.4 is 10.4 Å². The van der Waals surface area contributed by atoms with Crippen LogP contribution in [0.15, 0.2) is 54.6 Å². The Morgan fingerprint density at radius 3 is 2.25 bits per heavy atom. The molecule has 0 saturated heterocycles. The molecule has 0 fully saturated rings. The van der Waals surface area contributed by atoms with Crippen LogP contribution in [-0.4, -0.2) is 9.52 Å². The minimum atomic E-state index is 0.572. The van der Waals surface area contributed by atoms with Gasteiger partial charge >= 0.3 is 0 Å². The first-order chi connectivity index (χ1) is 13.6. The van der Waals surface area contributed by atoms with E-state index in [4.69, 9.17) is 0 Å². The van der Waals surface area contributed by atoms with E-state index in [1.165, 1.54) is 69.4 Å². The second-order valence-electron chi connectivity index (χ2n) is 8.34. The molecule has 0 aliphatic heterocycles. The fraction of sp³-hybridized carbons (Fsp3) is 0.333. The molecule has 1 aliphatic carbocycles. The molecule has 4 rings (SSSR count). The van der Waals surface area contributed by atoms with E-state index in [1.54, 1.807) is 5.56 Å². The summed E-state index contributed by atoms with van der Waals surface area (Å²) in [6.07, 6.45) is 5.20. The number of hydrogen-bond donors (Lipinski definition) is 0. The third kappa shape index (κ3) is 3.60. The van der Waals surface area contributed by atoms with E-state index in [0.29, 0.717) is 5.92 Å². The largest absolute Gasteiger partial charge is 0.122 e. The molecule has 0 saturated carbocycles. The number of hydrogen-bond acceptors (Lipinski definition) is 0. The fourth-order valence-electron chi connectivity index (χ4n) is 4.82. The third-order valence-electron chi connectivity index (χ3n) is 6.10. The molecule has 0 bridgehead atoms. The predicted octanol–water partition coefficient (Wildman–Crippen LogP) is 5.96. The minimum Gasteiger partial charge on any atom is -0.0654 e. The van der Waals surface area contributed by atoms with Crippen LogP contribution in [0.4, 0.5) is 0 Å². The van der Waals surface area contributed by atoms with Crippen molar-refractivity contribution in [2.75, 3.05) is 0 Å². The van der Waals surface area contributed by atoms with Crippen molar-refractivity contribution < 1.29 is 0 Å². The highest BCUT2D eigenvalue weighted by atomic mass is 28.2. The summed E-state index contributed by atoms with van der Waals surface area (Å²) < 4.78 is 0. The highest BCUT2D eigenvalue weighted by Crippen LogP contribution is 2.46. The lowest BCUT2D eigenvalue weighted by atomic mass is 9.91. The maximum Gasteiger partial charge on any atom is 0.122 e. The van der Waals surface area contributed by atoms with Crippen LogP contribution in [0, 0.1) is 20.8 Å². The first-order valence-electron chi connectivity index (χ1n) is 10.7. The first kappa shape index (κ1) is 19.2. The molecular weight excluding hydrogens is 352 g/mol. The molecule has 1 unspecified atom stereocenters. The molecule has 0 heterocycles. The summed E-state index contributed by atoms with van der Waals surface area (Å²) in [5, 5.41) is 2.99. The Kier molecular flexibility index (Phi) is 5.55. The van der Waals surface area contributed by atoms with Crippen LogP contribution in [-0.2, 0) is 0 Å². The van der Waals surface area contributed by atoms with E-state index < -0.39 is 0 Å². The molecule has 2 radical (unpaired) electrons. The quantitative estimate of drug-likeness (QED) is 0.364. The normalized spacial score (nSPS) is 14.8. The molecule has 28 heavy (non-hydrogen) atoms. The van der Waals surface area contributed by atoms with Crippen molar-refractivity contribution in [1.82, 2.24) is 0 Å². The average molecular weight is 383 g/mol. The lowest BCUT2D eigenvalue weighted by molar-refractivity contribution is 0.625. The van der Waals surface area contributed by atoms with E-state index in [2.05, 4.69) is 82.3 Å². The van der Waals surface area contributed by atoms with Crippen LogP contribution in [0.3, 0.4) is 0 Å². The molecule has 0 aromatic heterocycles. The van der Waals surface area contributed by atoms with Gasteiger partial charge in [-0.3, -0.25) is 0 Å². The maximum atomic E-state index is 2.52. The number of benzene rings is 3. The van der Waals surface area contributed by atoms with Gasteiger partial charge in [0.15, 0.2) is 0 Å². The molecule has 0 N–H and O–H groups in total. The van der Waals surface area contributed by atoms with Crippen LogP contribution >= 0.6 is 0 Å². The Hall–Kier alpha value is -2.12. The van der Waals surface area contributed by atoms with E-state index >= 15 is 0 Å². The molecular formula is C27H30Si. The van der Waals surface area contributed by atoms with E-state index in [-0.39, 0.29) is 0 Å². The van der Waals surface area contributed by atoms with Crippen molar-refractivity contribution in [1.29, 1.82) is 0 Å². The summed E-state index contributed by atoms with van der Waals surface area (Å²) in [5.41, 5.74) is 10.2. The second kappa shape index (κ2) is 8.09. The molecule has 1 heteroatoms. The van der Waals surface area contributed by atoms with E-state index in [9.17, 15) is 0 Å². The van der Waals surface area contributed by atoms with Gasteiger partial charge in [-0.05, 0) is 49.4 Å². The van der Waals surface area contributed by atoms with Crippen molar-refractivity contribution in [2.45, 2.75) is 59.3 Å². The standard InChI is InChI=1S/C27H30Si/c1-5-6-7-10-24-22-11-8-9-12-23(22)25-14-13-21(17-26(24)25)28-27-19(3)15-18(2)16-20(27)4/h8-9,11-17,24H,5-7,10H2,1-4H3.